The lowest BCUT2D eigenvalue weighted by Crippen LogP contribution is -2.14. The van der Waals surface area contributed by atoms with E-state index in [-0.39, 0.29) is 6.10 Å². The molecule has 0 radical (unpaired) electrons. The summed E-state index contributed by atoms with van der Waals surface area (Å²) in [6, 6.07) is 3.80. The van der Waals surface area contributed by atoms with Crippen molar-refractivity contribution in [3.8, 4) is 0 Å². The molecular weight excluding hydrogens is 248 g/mol. The van der Waals surface area contributed by atoms with Gasteiger partial charge in [0.05, 0.1) is 23.7 Å². The predicted octanol–water partition coefficient (Wildman–Crippen LogP) is 2.36. The smallest absolute Gasteiger partial charge is 0.0931 e. The van der Waals surface area contributed by atoms with Crippen LogP contribution < -0.4 is 0 Å². The Kier molecular flexibility index (Phi) is 7.00. The van der Waals surface area contributed by atoms with Crippen molar-refractivity contribution in [1.82, 2.24) is 0 Å². The minimum absolute atomic E-state index is 0.364. The monoisotopic (exact) mass is 264 g/mol. The third-order valence-corrected chi connectivity index (χ3v) is 3.35. The molecule has 0 spiro atoms. The van der Waals surface area contributed by atoms with Gasteiger partial charge in [0.1, 0.15) is 0 Å². The molecule has 1 N–H and O–H groups in total. The fourth-order valence-electron chi connectivity index (χ4n) is 1.26. The van der Waals surface area contributed by atoms with E-state index >= 15 is 0 Å². The highest BCUT2D eigenvalue weighted by molar-refractivity contribution is 7.16. The van der Waals surface area contributed by atoms with Crippen LogP contribution in [0.2, 0.25) is 4.34 Å². The quantitative estimate of drug-likeness (QED) is 0.733. The number of rotatable bonds is 8. The zero-order valence-electron chi connectivity index (χ0n) is 9.32. The van der Waals surface area contributed by atoms with E-state index in [0.717, 1.165) is 9.21 Å². The van der Waals surface area contributed by atoms with Crippen LogP contribution in [-0.4, -0.2) is 38.1 Å². The topological polar surface area (TPSA) is 38.7 Å². The maximum atomic E-state index is 9.72. The lowest BCUT2D eigenvalue weighted by molar-refractivity contribution is 0.0480. The maximum absolute atomic E-state index is 9.72. The average molecular weight is 265 g/mol. The van der Waals surface area contributed by atoms with Crippen molar-refractivity contribution in [2.45, 2.75) is 18.9 Å². The van der Waals surface area contributed by atoms with Gasteiger partial charge in [-0.3, -0.25) is 0 Å². The molecule has 92 valence electrons. The summed E-state index contributed by atoms with van der Waals surface area (Å²) < 4.78 is 10.9. The molecule has 1 aromatic rings. The molecule has 1 unspecified atom stereocenters. The van der Waals surface area contributed by atoms with Crippen molar-refractivity contribution in [3.05, 3.63) is 21.3 Å². The Bertz CT molecular complexity index is 291. The fraction of sp³-hybridized carbons (Fsp3) is 0.636. The lowest BCUT2D eigenvalue weighted by atomic mass is 10.2. The number of hydrogen-bond acceptors (Lipinski definition) is 4. The molecule has 1 rings (SSSR count). The van der Waals surface area contributed by atoms with Crippen LogP contribution in [0.5, 0.6) is 0 Å². The summed E-state index contributed by atoms with van der Waals surface area (Å²) in [5.74, 6) is 0. The molecule has 5 heteroatoms. The lowest BCUT2D eigenvalue weighted by Gasteiger charge is -2.09. The molecule has 0 bridgehead atoms. The Labute approximate surface area is 105 Å². The Morgan fingerprint density at radius 3 is 2.81 bits per heavy atom. The van der Waals surface area contributed by atoms with Crippen LogP contribution in [-0.2, 0) is 15.9 Å². The van der Waals surface area contributed by atoms with Crippen LogP contribution in [0, 0.1) is 0 Å². The maximum Gasteiger partial charge on any atom is 0.0931 e. The normalized spacial score (nSPS) is 12.9. The van der Waals surface area contributed by atoms with E-state index in [9.17, 15) is 5.11 Å². The minimum atomic E-state index is -0.364. The summed E-state index contributed by atoms with van der Waals surface area (Å²) in [6.07, 6.45) is 0.918. The largest absolute Gasteiger partial charge is 0.393 e. The molecule has 0 saturated carbocycles. The average Bonchev–Trinajstić information content (AvgIpc) is 2.63. The Morgan fingerprint density at radius 1 is 1.38 bits per heavy atom. The number of methoxy groups -OCH3 is 1. The van der Waals surface area contributed by atoms with Gasteiger partial charge in [-0.25, -0.2) is 0 Å². The van der Waals surface area contributed by atoms with Crippen LogP contribution in [0.25, 0.3) is 0 Å². The van der Waals surface area contributed by atoms with Crippen molar-refractivity contribution < 1.29 is 14.6 Å². The second-order valence-electron chi connectivity index (χ2n) is 3.46. The van der Waals surface area contributed by atoms with Crippen molar-refractivity contribution in [1.29, 1.82) is 0 Å². The molecule has 0 aliphatic heterocycles. The van der Waals surface area contributed by atoms with Gasteiger partial charge in [0.25, 0.3) is 0 Å². The van der Waals surface area contributed by atoms with Gasteiger partial charge >= 0.3 is 0 Å². The number of halogens is 1. The first-order valence-electron chi connectivity index (χ1n) is 5.21. The highest BCUT2D eigenvalue weighted by Crippen LogP contribution is 2.22. The number of aliphatic hydroxyl groups excluding tert-OH is 1. The molecule has 1 heterocycles. The number of ether oxygens (including phenoxy) is 2. The van der Waals surface area contributed by atoms with Crippen LogP contribution in [0.1, 0.15) is 11.3 Å². The first-order chi connectivity index (χ1) is 7.72. The zero-order chi connectivity index (χ0) is 11.8. The van der Waals surface area contributed by atoms with Crippen LogP contribution in [0.4, 0.5) is 0 Å². The van der Waals surface area contributed by atoms with Crippen LogP contribution >= 0.6 is 22.9 Å². The van der Waals surface area contributed by atoms with E-state index < -0.39 is 0 Å². The van der Waals surface area contributed by atoms with Crippen molar-refractivity contribution in [3.63, 3.8) is 0 Å². The molecule has 0 aromatic carbocycles. The van der Waals surface area contributed by atoms with E-state index in [1.807, 2.05) is 12.1 Å². The standard InChI is InChI=1S/C11H17ClO3S/c1-14-6-7-15-5-4-9(13)8-10-2-3-11(12)16-10/h2-3,9,13H,4-8H2,1H3. The SMILES string of the molecule is COCCOCCC(O)Cc1ccc(Cl)s1. The number of aliphatic hydroxyl groups is 1. The van der Waals surface area contributed by atoms with Gasteiger partial charge in [0, 0.05) is 25.0 Å². The summed E-state index contributed by atoms with van der Waals surface area (Å²) in [6.45, 7) is 1.73. The van der Waals surface area contributed by atoms with E-state index in [1.54, 1.807) is 7.11 Å². The van der Waals surface area contributed by atoms with E-state index in [0.29, 0.717) is 32.7 Å². The van der Waals surface area contributed by atoms with Gasteiger partial charge in [-0.05, 0) is 18.6 Å². The molecule has 1 aromatic heterocycles. The molecule has 0 saturated heterocycles. The molecule has 16 heavy (non-hydrogen) atoms. The van der Waals surface area contributed by atoms with Crippen LogP contribution in [0.15, 0.2) is 12.1 Å². The second kappa shape index (κ2) is 8.03. The molecule has 3 nitrogen and oxygen atoms in total. The second-order valence-corrected chi connectivity index (χ2v) is 5.26. The van der Waals surface area contributed by atoms with Gasteiger partial charge in [0.2, 0.25) is 0 Å². The first-order valence-corrected chi connectivity index (χ1v) is 6.40. The summed E-state index contributed by atoms with van der Waals surface area (Å²) in [7, 11) is 1.64. The van der Waals surface area contributed by atoms with Gasteiger partial charge < -0.3 is 14.6 Å². The summed E-state index contributed by atoms with van der Waals surface area (Å²) in [4.78, 5) is 1.11. The van der Waals surface area contributed by atoms with Gasteiger partial charge in [-0.15, -0.1) is 11.3 Å². The summed E-state index contributed by atoms with van der Waals surface area (Å²) >= 11 is 7.31. The fourth-order valence-corrected chi connectivity index (χ4v) is 2.42. The minimum Gasteiger partial charge on any atom is -0.393 e. The van der Waals surface area contributed by atoms with E-state index in [1.165, 1.54) is 11.3 Å². The molecule has 0 aliphatic carbocycles. The third-order valence-electron chi connectivity index (χ3n) is 2.09. The van der Waals surface area contributed by atoms with Crippen molar-refractivity contribution >= 4 is 22.9 Å². The van der Waals surface area contributed by atoms with Gasteiger partial charge in [0.15, 0.2) is 0 Å². The number of hydrogen-bond donors (Lipinski definition) is 1. The highest BCUT2D eigenvalue weighted by Gasteiger charge is 2.07. The zero-order valence-corrected chi connectivity index (χ0v) is 10.9. The van der Waals surface area contributed by atoms with Crippen molar-refractivity contribution in [2.75, 3.05) is 26.9 Å². The Morgan fingerprint density at radius 2 is 2.19 bits per heavy atom. The molecule has 0 aliphatic rings. The van der Waals surface area contributed by atoms with Gasteiger partial charge in [-0.2, -0.15) is 0 Å². The Hall–Kier alpha value is -0.130. The Balaban J connectivity index is 2.09. The van der Waals surface area contributed by atoms with Crippen molar-refractivity contribution in [2.24, 2.45) is 0 Å². The molecule has 0 amide bonds. The first kappa shape index (κ1) is 13.9. The highest BCUT2D eigenvalue weighted by atomic mass is 35.5. The summed E-state index contributed by atoms with van der Waals surface area (Å²) in [5.41, 5.74) is 0. The summed E-state index contributed by atoms with van der Waals surface area (Å²) in [5, 5.41) is 9.72. The van der Waals surface area contributed by atoms with E-state index in [2.05, 4.69) is 0 Å². The number of thiophene rings is 1. The van der Waals surface area contributed by atoms with E-state index in [4.69, 9.17) is 21.1 Å². The predicted molar refractivity (Wildman–Crippen MR) is 66.4 cm³/mol. The van der Waals surface area contributed by atoms with Gasteiger partial charge in [-0.1, -0.05) is 11.6 Å². The third kappa shape index (κ3) is 5.82. The molecule has 0 fully saturated rings. The molecular formula is C11H17ClO3S. The molecule has 1 atom stereocenters. The van der Waals surface area contributed by atoms with Crippen LogP contribution in [0.3, 0.4) is 0 Å².